The molecule has 4 aromatic rings. The van der Waals surface area contributed by atoms with E-state index in [1.807, 2.05) is 89.9 Å². The minimum absolute atomic E-state index is 0.789. The number of anilines is 2. The van der Waals surface area contributed by atoms with Crippen LogP contribution in [0, 0.1) is 0 Å². The predicted octanol–water partition coefficient (Wildman–Crippen LogP) is 6.63. The lowest BCUT2D eigenvalue weighted by Crippen LogP contribution is -2.24. The van der Waals surface area contributed by atoms with Gasteiger partial charge in [-0.1, -0.05) is 72.8 Å². The Morgan fingerprint density at radius 1 is 0.625 bits per heavy atom. The average molecular weight is 423 g/mol. The summed E-state index contributed by atoms with van der Waals surface area (Å²) in [6, 6.07) is 36.3. The minimum Gasteiger partial charge on any atom is -0.496 e. The van der Waals surface area contributed by atoms with Crippen LogP contribution in [-0.4, -0.2) is 14.2 Å². The van der Waals surface area contributed by atoms with E-state index in [2.05, 4.69) is 35.9 Å². The second-order valence-electron chi connectivity index (χ2n) is 7.13. The Morgan fingerprint density at radius 3 is 1.62 bits per heavy atom. The van der Waals surface area contributed by atoms with Crippen molar-refractivity contribution in [1.82, 2.24) is 0 Å². The first-order chi connectivity index (χ1) is 15.8. The highest BCUT2D eigenvalue weighted by molar-refractivity contribution is 5.87. The van der Waals surface area contributed by atoms with Gasteiger partial charge in [0.25, 0.3) is 0 Å². The van der Waals surface area contributed by atoms with Gasteiger partial charge in [-0.2, -0.15) is 0 Å². The zero-order valence-corrected chi connectivity index (χ0v) is 18.2. The van der Waals surface area contributed by atoms with Crippen LogP contribution in [0.5, 0.6) is 11.5 Å². The highest BCUT2D eigenvalue weighted by Crippen LogP contribution is 2.36. The topological polar surface area (TPSA) is 33.7 Å². The van der Waals surface area contributed by atoms with Crippen molar-refractivity contribution in [2.24, 2.45) is 0 Å². The maximum Gasteiger partial charge on any atom is 0.126 e. The van der Waals surface area contributed by atoms with Gasteiger partial charge in [-0.25, -0.2) is 0 Å². The lowest BCUT2D eigenvalue weighted by Gasteiger charge is -2.25. The number of benzene rings is 4. The van der Waals surface area contributed by atoms with Crippen molar-refractivity contribution < 1.29 is 9.47 Å². The number of nitrogens with zero attached hydrogens (tertiary/aromatic N) is 1. The monoisotopic (exact) mass is 422 g/mol. The number of rotatable bonds is 8. The van der Waals surface area contributed by atoms with Gasteiger partial charge in [-0.15, -0.1) is 0 Å². The third-order valence-corrected chi connectivity index (χ3v) is 5.11. The lowest BCUT2D eigenvalue weighted by atomic mass is 9.97. The average Bonchev–Trinajstić information content (AvgIpc) is 2.87. The van der Waals surface area contributed by atoms with Crippen LogP contribution >= 0.6 is 0 Å². The quantitative estimate of drug-likeness (QED) is 0.323. The van der Waals surface area contributed by atoms with Gasteiger partial charge < -0.3 is 9.47 Å². The molecule has 4 aromatic carbocycles. The molecule has 0 aromatic heterocycles. The zero-order chi connectivity index (χ0) is 22.2. The molecule has 4 heteroatoms. The van der Waals surface area contributed by atoms with Crippen LogP contribution in [0.1, 0.15) is 11.1 Å². The Bertz CT molecular complexity index is 1120. The molecule has 0 amide bonds. The van der Waals surface area contributed by atoms with E-state index in [1.165, 1.54) is 0 Å². The fraction of sp³-hybridized carbons (Fsp3) is 0.0714. The van der Waals surface area contributed by atoms with Crippen molar-refractivity contribution in [2.45, 2.75) is 0 Å². The van der Waals surface area contributed by atoms with E-state index in [1.54, 1.807) is 14.2 Å². The van der Waals surface area contributed by atoms with E-state index in [-0.39, 0.29) is 0 Å². The number of ether oxygens (including phenoxy) is 2. The fourth-order valence-electron chi connectivity index (χ4n) is 3.56. The van der Waals surface area contributed by atoms with Crippen LogP contribution in [0.3, 0.4) is 0 Å². The van der Waals surface area contributed by atoms with E-state index in [0.29, 0.717) is 0 Å². The van der Waals surface area contributed by atoms with Crippen LogP contribution in [0.4, 0.5) is 11.4 Å². The van der Waals surface area contributed by atoms with Crippen LogP contribution in [0.2, 0.25) is 0 Å². The number of hydrogen-bond acceptors (Lipinski definition) is 4. The molecule has 0 bridgehead atoms. The van der Waals surface area contributed by atoms with E-state index < -0.39 is 0 Å². The Balaban J connectivity index is 1.91. The molecular formula is C28H26N2O2. The van der Waals surface area contributed by atoms with Crippen molar-refractivity contribution >= 4 is 16.9 Å². The van der Waals surface area contributed by atoms with Crippen LogP contribution in [0.25, 0.3) is 5.57 Å². The summed E-state index contributed by atoms with van der Waals surface area (Å²) < 4.78 is 11.4. The van der Waals surface area contributed by atoms with Crippen molar-refractivity contribution in [2.75, 3.05) is 24.7 Å². The first-order valence-corrected chi connectivity index (χ1v) is 10.4. The second-order valence-corrected chi connectivity index (χ2v) is 7.13. The third-order valence-electron chi connectivity index (χ3n) is 5.11. The van der Waals surface area contributed by atoms with E-state index in [4.69, 9.17) is 9.47 Å². The van der Waals surface area contributed by atoms with Crippen LogP contribution in [0.15, 0.2) is 115 Å². The summed E-state index contributed by atoms with van der Waals surface area (Å²) >= 11 is 0. The molecule has 0 spiro atoms. The molecule has 0 saturated carbocycles. The number of hydrazine groups is 1. The normalized spacial score (nSPS) is 10.2. The van der Waals surface area contributed by atoms with Crippen LogP contribution in [-0.2, 0) is 0 Å². The molecule has 0 unspecified atom stereocenters. The Kier molecular flexibility index (Phi) is 6.73. The largest absolute Gasteiger partial charge is 0.496 e. The molecular weight excluding hydrogens is 396 g/mol. The highest BCUT2D eigenvalue weighted by Gasteiger charge is 2.17. The van der Waals surface area contributed by atoms with E-state index in [9.17, 15) is 0 Å². The molecule has 0 radical (unpaired) electrons. The van der Waals surface area contributed by atoms with Gasteiger partial charge in [0.15, 0.2) is 0 Å². The van der Waals surface area contributed by atoms with Gasteiger partial charge in [-0.05, 0) is 36.4 Å². The lowest BCUT2D eigenvalue weighted by molar-refractivity contribution is 0.411. The molecule has 0 heterocycles. The summed E-state index contributed by atoms with van der Waals surface area (Å²) in [6.07, 6.45) is 2.08. The standard InChI is InChI=1S/C28H26N2O2/c1-31-27-19-11-9-17-24(27)26(25-18-10-12-20-28(25)32-2)21-30(23-15-7-4-8-16-23)29-22-13-5-3-6-14-22/h3-21,29H,1-2H3. The summed E-state index contributed by atoms with van der Waals surface area (Å²) in [6.45, 7) is 0. The molecule has 0 atom stereocenters. The van der Waals surface area contributed by atoms with Crippen LogP contribution < -0.4 is 19.9 Å². The summed E-state index contributed by atoms with van der Waals surface area (Å²) in [7, 11) is 3.38. The summed E-state index contributed by atoms with van der Waals surface area (Å²) in [5.41, 5.74) is 8.39. The van der Waals surface area contributed by atoms with Crippen molar-refractivity contribution in [1.29, 1.82) is 0 Å². The first-order valence-electron chi connectivity index (χ1n) is 10.4. The predicted molar refractivity (Wildman–Crippen MR) is 132 cm³/mol. The van der Waals surface area contributed by atoms with Gasteiger partial charge >= 0.3 is 0 Å². The molecule has 0 aliphatic rings. The molecule has 4 nitrogen and oxygen atoms in total. The van der Waals surface area contributed by atoms with Gasteiger partial charge in [-0.3, -0.25) is 10.4 Å². The Hall–Kier alpha value is -4.18. The van der Waals surface area contributed by atoms with E-state index >= 15 is 0 Å². The molecule has 160 valence electrons. The number of para-hydroxylation sites is 4. The smallest absolute Gasteiger partial charge is 0.126 e. The van der Waals surface area contributed by atoms with Crippen molar-refractivity contribution in [3.8, 4) is 11.5 Å². The number of hydrogen-bond donors (Lipinski definition) is 1. The second kappa shape index (κ2) is 10.2. The maximum atomic E-state index is 5.71. The number of methoxy groups -OCH3 is 2. The minimum atomic E-state index is 0.789. The van der Waals surface area contributed by atoms with E-state index in [0.717, 1.165) is 39.6 Å². The Labute approximate surface area is 189 Å². The first kappa shape index (κ1) is 21.1. The molecule has 4 rings (SSSR count). The van der Waals surface area contributed by atoms with Gasteiger partial charge in [0.2, 0.25) is 0 Å². The SMILES string of the molecule is COc1ccccc1C(=CN(Nc1ccccc1)c1ccccc1)c1ccccc1OC. The Morgan fingerprint density at radius 2 is 1.09 bits per heavy atom. The van der Waals surface area contributed by atoms with Gasteiger partial charge in [0.05, 0.1) is 25.6 Å². The fourth-order valence-corrected chi connectivity index (χ4v) is 3.56. The molecule has 0 aliphatic heterocycles. The molecule has 32 heavy (non-hydrogen) atoms. The maximum absolute atomic E-state index is 5.71. The number of nitrogens with one attached hydrogen (secondary N) is 1. The summed E-state index contributed by atoms with van der Waals surface area (Å²) in [5.74, 6) is 1.58. The summed E-state index contributed by atoms with van der Waals surface area (Å²) in [4.78, 5) is 0. The molecule has 0 aliphatic carbocycles. The van der Waals surface area contributed by atoms with Crippen molar-refractivity contribution in [3.63, 3.8) is 0 Å². The van der Waals surface area contributed by atoms with Gasteiger partial charge in [0.1, 0.15) is 11.5 Å². The third kappa shape index (κ3) is 4.76. The summed E-state index contributed by atoms with van der Waals surface area (Å²) in [5, 5.41) is 2.02. The molecule has 0 fully saturated rings. The molecule has 0 saturated heterocycles. The van der Waals surface area contributed by atoms with Gasteiger partial charge in [0, 0.05) is 22.9 Å². The highest BCUT2D eigenvalue weighted by atomic mass is 16.5. The van der Waals surface area contributed by atoms with Crippen molar-refractivity contribution in [3.05, 3.63) is 127 Å². The molecule has 1 N–H and O–H groups in total. The zero-order valence-electron chi connectivity index (χ0n) is 18.2.